The average Bonchev–Trinajstić information content (AvgIpc) is 2.34. The van der Waals surface area contributed by atoms with Crippen LogP contribution in [0, 0.1) is 10.8 Å². The zero-order valence-corrected chi connectivity index (χ0v) is 7.94. The van der Waals surface area contributed by atoms with E-state index in [-0.39, 0.29) is 10.8 Å². The molecular weight excluding hydrogens is 148 g/mol. The van der Waals surface area contributed by atoms with Gasteiger partial charge in [-0.2, -0.15) is 0 Å². The Bertz CT molecular complexity index is 266. The van der Waals surface area contributed by atoms with E-state index in [1.165, 1.54) is 12.8 Å². The van der Waals surface area contributed by atoms with Crippen molar-refractivity contribution in [1.82, 2.24) is 0 Å². The van der Waals surface area contributed by atoms with Crippen molar-refractivity contribution in [3.05, 3.63) is 12.2 Å². The van der Waals surface area contributed by atoms with E-state index in [1.54, 1.807) is 0 Å². The van der Waals surface area contributed by atoms with Crippen LogP contribution >= 0.6 is 0 Å². The Balaban J connectivity index is 2.48. The smallest absolute Gasteiger partial charge is 0.159 e. The van der Waals surface area contributed by atoms with Crippen molar-refractivity contribution in [2.75, 3.05) is 0 Å². The number of carbonyl (C=O) groups is 1. The Hall–Kier alpha value is -0.590. The fourth-order valence-corrected chi connectivity index (χ4v) is 2.98. The molecule has 2 aliphatic rings. The fraction of sp³-hybridized carbons (Fsp3) is 0.727. The monoisotopic (exact) mass is 164 g/mol. The van der Waals surface area contributed by atoms with Gasteiger partial charge < -0.3 is 0 Å². The first kappa shape index (κ1) is 8.03. The summed E-state index contributed by atoms with van der Waals surface area (Å²) < 4.78 is 0. The molecule has 2 saturated carbocycles. The lowest BCUT2D eigenvalue weighted by molar-refractivity contribution is -0.115. The van der Waals surface area contributed by atoms with Gasteiger partial charge in [-0.1, -0.05) is 26.8 Å². The number of allylic oxidation sites excluding steroid dienone is 1. The van der Waals surface area contributed by atoms with Crippen molar-refractivity contribution in [3.8, 4) is 0 Å². The zero-order valence-electron chi connectivity index (χ0n) is 7.94. The molecule has 2 atom stereocenters. The second-order valence-corrected chi connectivity index (χ2v) is 4.82. The number of carbonyl (C=O) groups excluding carboxylic acids is 1. The third-order valence-electron chi connectivity index (χ3n) is 4.29. The quantitative estimate of drug-likeness (QED) is 0.503. The van der Waals surface area contributed by atoms with E-state index >= 15 is 0 Å². The van der Waals surface area contributed by atoms with Gasteiger partial charge in [0.25, 0.3) is 0 Å². The topological polar surface area (TPSA) is 17.1 Å². The zero-order chi connectivity index (χ0) is 8.98. The van der Waals surface area contributed by atoms with E-state index in [1.807, 2.05) is 0 Å². The van der Waals surface area contributed by atoms with E-state index in [9.17, 15) is 4.79 Å². The Morgan fingerprint density at radius 1 is 1.33 bits per heavy atom. The van der Waals surface area contributed by atoms with Crippen LogP contribution in [0.2, 0.25) is 0 Å². The van der Waals surface area contributed by atoms with Gasteiger partial charge in [-0.3, -0.25) is 4.79 Å². The van der Waals surface area contributed by atoms with Crippen LogP contribution in [0.25, 0.3) is 0 Å². The summed E-state index contributed by atoms with van der Waals surface area (Å²) in [6, 6.07) is 0. The highest BCUT2D eigenvalue weighted by molar-refractivity contribution is 5.99. The normalized spacial score (nSPS) is 46.8. The maximum Gasteiger partial charge on any atom is 0.159 e. The molecule has 2 aliphatic carbocycles. The predicted octanol–water partition coefficient (Wildman–Crippen LogP) is 2.71. The minimum Gasteiger partial charge on any atom is -0.295 e. The molecule has 2 fully saturated rings. The minimum atomic E-state index is 0.129. The van der Waals surface area contributed by atoms with Crippen LogP contribution < -0.4 is 0 Å². The summed E-state index contributed by atoms with van der Waals surface area (Å²) in [5, 5.41) is 0. The number of hydrogen-bond donors (Lipinski definition) is 0. The Labute approximate surface area is 73.8 Å². The molecule has 0 aromatic rings. The van der Waals surface area contributed by atoms with Crippen LogP contribution in [0.3, 0.4) is 0 Å². The first-order chi connectivity index (χ1) is 5.50. The van der Waals surface area contributed by atoms with Crippen molar-refractivity contribution in [2.45, 2.75) is 39.5 Å². The fourth-order valence-electron chi connectivity index (χ4n) is 2.98. The average molecular weight is 164 g/mol. The van der Waals surface area contributed by atoms with E-state index < -0.39 is 0 Å². The lowest BCUT2D eigenvalue weighted by Gasteiger charge is -2.33. The van der Waals surface area contributed by atoms with Gasteiger partial charge >= 0.3 is 0 Å². The Kier molecular flexibility index (Phi) is 1.35. The molecule has 1 heteroatoms. The van der Waals surface area contributed by atoms with Gasteiger partial charge in [0.05, 0.1) is 0 Å². The summed E-state index contributed by atoms with van der Waals surface area (Å²) >= 11 is 0. The maximum absolute atomic E-state index is 11.5. The highest BCUT2D eigenvalue weighted by Gasteiger charge is 2.57. The molecule has 2 unspecified atom stereocenters. The van der Waals surface area contributed by atoms with Gasteiger partial charge in [0, 0.05) is 11.8 Å². The van der Waals surface area contributed by atoms with Crippen molar-refractivity contribution < 1.29 is 4.79 Å². The van der Waals surface area contributed by atoms with Gasteiger partial charge in [-0.25, -0.2) is 0 Å². The predicted molar refractivity (Wildman–Crippen MR) is 48.8 cm³/mol. The van der Waals surface area contributed by atoms with Crippen molar-refractivity contribution in [2.24, 2.45) is 10.8 Å². The molecule has 0 N–H and O–H groups in total. The molecule has 0 aromatic carbocycles. The van der Waals surface area contributed by atoms with Gasteiger partial charge in [-0.15, -0.1) is 0 Å². The SMILES string of the molecule is C=C1C(=O)CC2(C)CCCC12C. The molecule has 0 aromatic heterocycles. The van der Waals surface area contributed by atoms with Gasteiger partial charge in [0.15, 0.2) is 5.78 Å². The molecule has 0 spiro atoms. The van der Waals surface area contributed by atoms with E-state index in [2.05, 4.69) is 20.4 Å². The van der Waals surface area contributed by atoms with E-state index in [4.69, 9.17) is 0 Å². The molecule has 1 nitrogen and oxygen atoms in total. The molecule has 2 rings (SSSR count). The van der Waals surface area contributed by atoms with Crippen molar-refractivity contribution >= 4 is 5.78 Å². The number of hydrogen-bond acceptors (Lipinski definition) is 1. The van der Waals surface area contributed by atoms with Gasteiger partial charge in [0.2, 0.25) is 0 Å². The summed E-state index contributed by atoms with van der Waals surface area (Å²) in [6.45, 7) is 8.41. The van der Waals surface area contributed by atoms with Crippen LogP contribution in [0.4, 0.5) is 0 Å². The molecular formula is C11H16O. The molecule has 0 radical (unpaired) electrons. The van der Waals surface area contributed by atoms with Gasteiger partial charge in [0.1, 0.15) is 0 Å². The third kappa shape index (κ3) is 0.675. The summed E-state index contributed by atoms with van der Waals surface area (Å²) in [5.41, 5.74) is 1.26. The summed E-state index contributed by atoms with van der Waals surface area (Å²) in [4.78, 5) is 11.5. The number of rotatable bonds is 0. The Morgan fingerprint density at radius 2 is 2.00 bits per heavy atom. The first-order valence-corrected chi connectivity index (χ1v) is 4.72. The van der Waals surface area contributed by atoms with E-state index in [0.29, 0.717) is 5.78 Å². The molecule has 0 amide bonds. The molecule has 12 heavy (non-hydrogen) atoms. The summed E-state index contributed by atoms with van der Waals surface area (Å²) in [7, 11) is 0. The van der Waals surface area contributed by atoms with Crippen LogP contribution in [0.5, 0.6) is 0 Å². The lowest BCUT2D eigenvalue weighted by Crippen LogP contribution is -2.26. The second kappa shape index (κ2) is 2.01. The molecule has 66 valence electrons. The molecule has 0 aliphatic heterocycles. The van der Waals surface area contributed by atoms with Crippen molar-refractivity contribution in [1.29, 1.82) is 0 Å². The molecule has 0 saturated heterocycles. The number of fused-ring (bicyclic) bond motifs is 1. The first-order valence-electron chi connectivity index (χ1n) is 4.72. The third-order valence-corrected chi connectivity index (χ3v) is 4.29. The van der Waals surface area contributed by atoms with Gasteiger partial charge in [-0.05, 0) is 23.8 Å². The van der Waals surface area contributed by atoms with Crippen LogP contribution in [0.1, 0.15) is 39.5 Å². The van der Waals surface area contributed by atoms with Crippen LogP contribution in [-0.4, -0.2) is 5.78 Å². The van der Waals surface area contributed by atoms with Crippen LogP contribution in [0.15, 0.2) is 12.2 Å². The maximum atomic E-state index is 11.5. The number of Topliss-reactive ketones (excluding diaryl/α,β-unsaturated/α-hetero) is 1. The van der Waals surface area contributed by atoms with Crippen molar-refractivity contribution in [3.63, 3.8) is 0 Å². The largest absolute Gasteiger partial charge is 0.295 e. The summed E-state index contributed by atoms with van der Waals surface area (Å²) in [5.74, 6) is 0.305. The second-order valence-electron chi connectivity index (χ2n) is 4.82. The lowest BCUT2D eigenvalue weighted by atomic mass is 9.69. The minimum absolute atomic E-state index is 0.129. The highest BCUT2D eigenvalue weighted by Crippen LogP contribution is 2.63. The Morgan fingerprint density at radius 3 is 2.58 bits per heavy atom. The van der Waals surface area contributed by atoms with Crippen LogP contribution in [-0.2, 0) is 4.79 Å². The highest BCUT2D eigenvalue weighted by atomic mass is 16.1. The standard InChI is InChI=1S/C11H16O/c1-8-9(12)7-10(2)5-4-6-11(8,10)3/h1,4-7H2,2-3H3. The number of ketones is 1. The molecule has 0 heterocycles. The van der Waals surface area contributed by atoms with E-state index in [0.717, 1.165) is 18.4 Å². The molecule has 0 bridgehead atoms. The summed E-state index contributed by atoms with van der Waals surface area (Å²) in [6.07, 6.45) is 4.37.